The average Bonchev–Trinajstić information content (AvgIpc) is 1.59. The second-order valence-corrected chi connectivity index (χ2v) is 25.9. The maximum absolute atomic E-state index is 5.56. The molecule has 0 unspecified atom stereocenters. The molecule has 0 aliphatic carbocycles. The molecule has 0 radical (unpaired) electrons. The van der Waals surface area contributed by atoms with Crippen LogP contribution in [0.3, 0.4) is 0 Å². The summed E-state index contributed by atoms with van der Waals surface area (Å²) in [6.45, 7) is 0. The van der Waals surface area contributed by atoms with Crippen LogP contribution in [-0.4, -0.2) is 33.2 Å². The summed E-state index contributed by atoms with van der Waals surface area (Å²) in [5.41, 5.74) is 25.0. The van der Waals surface area contributed by atoms with Crippen LogP contribution < -0.4 is 0 Å². The van der Waals surface area contributed by atoms with Gasteiger partial charge in [-0.1, -0.05) is 231 Å². The van der Waals surface area contributed by atoms with Crippen LogP contribution >= 0.6 is 0 Å². The van der Waals surface area contributed by atoms with Crippen LogP contribution in [0.15, 0.2) is 358 Å². The fourth-order valence-corrected chi connectivity index (χ4v) is 15.6. The monoisotopic (exact) mass is 1270 g/mol. The van der Waals surface area contributed by atoms with E-state index in [0.29, 0.717) is 17.5 Å². The van der Waals surface area contributed by atoms with Crippen LogP contribution in [0.4, 0.5) is 0 Å². The summed E-state index contributed by atoms with van der Waals surface area (Å²) in [6, 6.07) is 129. The van der Waals surface area contributed by atoms with Crippen molar-refractivity contribution in [2.75, 3.05) is 0 Å². The molecule has 7 heteroatoms. The number of benzene rings is 15. The van der Waals surface area contributed by atoms with E-state index in [4.69, 9.17) is 15.0 Å². The van der Waals surface area contributed by atoms with E-state index >= 15 is 0 Å². The van der Waals surface area contributed by atoms with Gasteiger partial charge in [-0.2, -0.15) is 0 Å². The first-order valence-corrected chi connectivity index (χ1v) is 34.1. The quantitative estimate of drug-likeness (QED) is 0.130. The van der Waals surface area contributed by atoms with E-state index in [1.165, 1.54) is 65.2 Å². The van der Waals surface area contributed by atoms with Crippen LogP contribution in [0, 0.1) is 0 Å². The molecule has 20 rings (SSSR count). The van der Waals surface area contributed by atoms with Gasteiger partial charge in [-0.05, 0) is 172 Å². The number of rotatable bonds is 11. The molecule has 0 atom stereocenters. The molecule has 0 spiro atoms. The molecular formula is C93H59N7. The number of hydrogen-bond acceptors (Lipinski definition) is 3. The Morgan fingerprint density at radius 3 is 1.00 bits per heavy atom. The number of aromatic nitrogens is 7. The third kappa shape index (κ3) is 9.32. The van der Waals surface area contributed by atoms with E-state index in [9.17, 15) is 0 Å². The van der Waals surface area contributed by atoms with Crippen molar-refractivity contribution in [1.82, 2.24) is 33.2 Å². The SMILES string of the molecule is c1ccc(-c2ccc(-c3ccccc3)c(-c3nc(-c4ccc(-n5c6ccccc6c6ccc(-c7ccc8c(c7)c7ccccc7n8-c7ccccc7)cc65)cc4)nc(-c4cccc(-n5c6ccccc6c6ccc(-c7ccc8c(c7)c7ccccc7n8-c7ccccc7)cc65)c4)n3)c2)cc1. The van der Waals surface area contributed by atoms with Gasteiger partial charge in [-0.15, -0.1) is 0 Å². The van der Waals surface area contributed by atoms with Crippen molar-refractivity contribution in [3.05, 3.63) is 358 Å². The van der Waals surface area contributed by atoms with Gasteiger partial charge in [0.05, 0.1) is 44.1 Å². The maximum atomic E-state index is 5.56. The highest BCUT2D eigenvalue weighted by Gasteiger charge is 2.23. The molecule has 466 valence electrons. The summed E-state index contributed by atoms with van der Waals surface area (Å²) in [5.74, 6) is 1.71. The lowest BCUT2D eigenvalue weighted by molar-refractivity contribution is 1.07. The lowest BCUT2D eigenvalue weighted by atomic mass is 9.94. The van der Waals surface area contributed by atoms with Gasteiger partial charge in [0.1, 0.15) is 0 Å². The largest absolute Gasteiger partial charge is 0.309 e. The van der Waals surface area contributed by atoms with Crippen LogP contribution in [0.25, 0.3) is 189 Å². The molecule has 0 fully saturated rings. The van der Waals surface area contributed by atoms with E-state index in [1.54, 1.807) is 0 Å². The van der Waals surface area contributed by atoms with Gasteiger partial charge in [-0.3, -0.25) is 0 Å². The standard InChI is InChI=1S/C93H59N7/c1-5-22-60(23-6-1)63-42-49-73(61-24-7-2-8-25-61)82(57-63)93-95-91(62-40-47-71(48-41-62)99-83-36-17-13-32-74(83)78-50-43-66(58-89(78)99)64-45-52-87-80(55-64)76-34-15-19-38-85(76)97(87)69-27-9-3-10-28-69)94-92(96-93)68-26-21-31-72(54-68)100-84-37-18-14-33-75(84)79-51-44-67(59-90(79)100)65-46-53-88-81(56-65)77-35-16-20-39-86(77)98(88)70-29-11-4-12-30-70/h1-59H. The molecule has 0 saturated carbocycles. The molecule has 100 heavy (non-hydrogen) atoms. The predicted molar refractivity (Wildman–Crippen MR) is 415 cm³/mol. The average molecular weight is 1270 g/mol. The number of para-hydroxylation sites is 6. The Balaban J connectivity index is 0.729. The summed E-state index contributed by atoms with van der Waals surface area (Å²) in [6.07, 6.45) is 0. The van der Waals surface area contributed by atoms with E-state index in [1.807, 2.05) is 0 Å². The molecule has 0 bridgehead atoms. The summed E-state index contributed by atoms with van der Waals surface area (Å²) in [7, 11) is 0. The van der Waals surface area contributed by atoms with E-state index in [0.717, 1.165) is 106 Å². The predicted octanol–water partition coefficient (Wildman–Crippen LogP) is 23.9. The summed E-state index contributed by atoms with van der Waals surface area (Å²) in [4.78, 5) is 16.6. The van der Waals surface area contributed by atoms with Crippen molar-refractivity contribution >= 4 is 87.2 Å². The summed E-state index contributed by atoms with van der Waals surface area (Å²) >= 11 is 0. The van der Waals surface area contributed by atoms with Crippen LogP contribution in [-0.2, 0) is 0 Å². The third-order valence-electron chi connectivity index (χ3n) is 20.2. The minimum absolute atomic E-state index is 0.567. The smallest absolute Gasteiger partial charge is 0.164 e. The van der Waals surface area contributed by atoms with Crippen LogP contribution in [0.2, 0.25) is 0 Å². The second-order valence-electron chi connectivity index (χ2n) is 25.9. The van der Waals surface area contributed by atoms with Crippen LogP contribution in [0.1, 0.15) is 0 Å². The molecule has 5 heterocycles. The van der Waals surface area contributed by atoms with E-state index in [2.05, 4.69) is 376 Å². The zero-order valence-electron chi connectivity index (χ0n) is 54.2. The van der Waals surface area contributed by atoms with E-state index in [-0.39, 0.29) is 0 Å². The molecular weight excluding hydrogens is 1220 g/mol. The topological polar surface area (TPSA) is 58.4 Å². The fourth-order valence-electron chi connectivity index (χ4n) is 15.6. The van der Waals surface area contributed by atoms with Crippen molar-refractivity contribution in [1.29, 1.82) is 0 Å². The first-order valence-electron chi connectivity index (χ1n) is 34.1. The molecule has 0 N–H and O–H groups in total. The number of hydrogen-bond donors (Lipinski definition) is 0. The molecule has 7 nitrogen and oxygen atoms in total. The Kier molecular flexibility index (Phi) is 13.1. The molecule has 20 aromatic rings. The fraction of sp³-hybridized carbons (Fsp3) is 0. The van der Waals surface area contributed by atoms with Gasteiger partial charge in [-0.25, -0.2) is 15.0 Å². The van der Waals surface area contributed by atoms with Gasteiger partial charge in [0, 0.05) is 82.5 Å². The third-order valence-corrected chi connectivity index (χ3v) is 20.2. The first-order chi connectivity index (χ1) is 49.6. The van der Waals surface area contributed by atoms with Crippen molar-refractivity contribution < 1.29 is 0 Å². The minimum atomic E-state index is 0.567. The molecule has 0 amide bonds. The Morgan fingerprint density at radius 2 is 0.480 bits per heavy atom. The Hall–Kier alpha value is -13.5. The highest BCUT2D eigenvalue weighted by Crippen LogP contribution is 2.43. The molecule has 15 aromatic carbocycles. The van der Waals surface area contributed by atoms with Crippen molar-refractivity contribution in [3.8, 4) is 101 Å². The molecule has 0 saturated heterocycles. The maximum Gasteiger partial charge on any atom is 0.164 e. The van der Waals surface area contributed by atoms with Crippen molar-refractivity contribution in [2.45, 2.75) is 0 Å². The highest BCUT2D eigenvalue weighted by molar-refractivity contribution is 6.15. The van der Waals surface area contributed by atoms with Gasteiger partial charge in [0.15, 0.2) is 17.5 Å². The van der Waals surface area contributed by atoms with Gasteiger partial charge in [0.2, 0.25) is 0 Å². The van der Waals surface area contributed by atoms with Gasteiger partial charge < -0.3 is 18.3 Å². The number of fused-ring (bicyclic) bond motifs is 12. The lowest BCUT2D eigenvalue weighted by Gasteiger charge is -2.15. The first kappa shape index (κ1) is 56.8. The second kappa shape index (κ2) is 23.1. The number of nitrogens with zero attached hydrogens (tertiary/aromatic N) is 7. The molecule has 0 aliphatic heterocycles. The lowest BCUT2D eigenvalue weighted by Crippen LogP contribution is -2.02. The van der Waals surface area contributed by atoms with Gasteiger partial charge in [0.25, 0.3) is 0 Å². The zero-order valence-corrected chi connectivity index (χ0v) is 54.2. The molecule has 0 aliphatic rings. The highest BCUT2D eigenvalue weighted by atomic mass is 15.0. The molecule has 5 aromatic heterocycles. The summed E-state index contributed by atoms with van der Waals surface area (Å²) in [5, 5.41) is 9.62. The van der Waals surface area contributed by atoms with Crippen molar-refractivity contribution in [3.63, 3.8) is 0 Å². The summed E-state index contributed by atoms with van der Waals surface area (Å²) < 4.78 is 9.55. The van der Waals surface area contributed by atoms with Crippen LogP contribution in [0.5, 0.6) is 0 Å². The van der Waals surface area contributed by atoms with Crippen molar-refractivity contribution in [2.24, 2.45) is 0 Å². The zero-order chi connectivity index (χ0) is 65.8. The Morgan fingerprint density at radius 1 is 0.150 bits per heavy atom. The van der Waals surface area contributed by atoms with Gasteiger partial charge >= 0.3 is 0 Å². The Bertz CT molecular complexity index is 6620. The van der Waals surface area contributed by atoms with E-state index < -0.39 is 0 Å². The normalized spacial score (nSPS) is 11.8. The Labute approximate surface area is 576 Å². The minimum Gasteiger partial charge on any atom is -0.309 e.